The number of carbonyl (C=O) groups is 1. The Morgan fingerprint density at radius 3 is 2.41 bits per heavy atom. The number of anilines is 1. The molecule has 0 spiro atoms. The Morgan fingerprint density at radius 2 is 1.65 bits per heavy atom. The number of methoxy groups -OCH3 is 1. The van der Waals surface area contributed by atoms with Crippen molar-refractivity contribution in [1.29, 1.82) is 0 Å². The fourth-order valence-corrected chi connectivity index (χ4v) is 5.18. The maximum atomic E-state index is 14.3. The Balaban J connectivity index is 1.47. The van der Waals surface area contributed by atoms with Crippen molar-refractivity contribution >= 4 is 22.4 Å². The first-order valence-corrected chi connectivity index (χ1v) is 12.5. The number of nitrogens with zero attached hydrogens (tertiary/aromatic N) is 3. The van der Waals surface area contributed by atoms with E-state index >= 15 is 0 Å². The first-order valence-electron chi connectivity index (χ1n) is 12.5. The molecule has 5 rings (SSSR count). The highest BCUT2D eigenvalue weighted by Crippen LogP contribution is 2.24. The molecule has 0 bridgehead atoms. The van der Waals surface area contributed by atoms with E-state index in [-0.39, 0.29) is 29.3 Å². The summed E-state index contributed by atoms with van der Waals surface area (Å²) in [5.74, 6) is -0.587. The molecule has 7 heteroatoms. The number of para-hydroxylation sites is 1. The molecule has 1 aliphatic rings. The van der Waals surface area contributed by atoms with Crippen molar-refractivity contribution in [2.24, 2.45) is 0 Å². The number of carbonyl (C=O) groups excluding carboxylic acids is 1. The van der Waals surface area contributed by atoms with Gasteiger partial charge in [0.25, 0.3) is 5.91 Å². The molecule has 0 N–H and O–H groups in total. The normalized spacial score (nSPS) is 13.8. The fraction of sp³-hybridized carbons (Fsp3) is 0.267. The smallest absolute Gasteiger partial charge is 0.259 e. The summed E-state index contributed by atoms with van der Waals surface area (Å²) in [6, 6.07) is 22.5. The Morgan fingerprint density at radius 1 is 0.946 bits per heavy atom. The molecule has 4 aromatic rings. The number of halogens is 1. The van der Waals surface area contributed by atoms with Gasteiger partial charge in [0.1, 0.15) is 11.4 Å². The lowest BCUT2D eigenvalue weighted by Crippen LogP contribution is -2.50. The monoisotopic (exact) mass is 499 g/mol. The molecule has 6 nitrogen and oxygen atoms in total. The van der Waals surface area contributed by atoms with E-state index in [2.05, 4.69) is 24.3 Å². The molecule has 190 valence electrons. The second-order valence-electron chi connectivity index (χ2n) is 9.36. The molecule has 37 heavy (non-hydrogen) atoms. The summed E-state index contributed by atoms with van der Waals surface area (Å²) >= 11 is 0. The Kier molecular flexibility index (Phi) is 7.06. The molecule has 1 aliphatic heterocycles. The van der Waals surface area contributed by atoms with Crippen LogP contribution in [0.2, 0.25) is 0 Å². The highest BCUT2D eigenvalue weighted by atomic mass is 19.1. The molecule has 1 fully saturated rings. The lowest BCUT2D eigenvalue weighted by molar-refractivity contribution is 0.0738. The van der Waals surface area contributed by atoms with Crippen LogP contribution in [0.1, 0.15) is 27.3 Å². The van der Waals surface area contributed by atoms with Gasteiger partial charge in [0, 0.05) is 51.6 Å². The molecular formula is C30H30FN3O3. The number of benzene rings is 3. The van der Waals surface area contributed by atoms with Gasteiger partial charge in [-0.3, -0.25) is 9.59 Å². The first kappa shape index (κ1) is 24.7. The molecule has 0 saturated carbocycles. The zero-order valence-corrected chi connectivity index (χ0v) is 21.1. The third-order valence-corrected chi connectivity index (χ3v) is 7.09. The van der Waals surface area contributed by atoms with E-state index in [1.165, 1.54) is 12.1 Å². The number of aryl methyl sites for hydroxylation is 1. The highest BCUT2D eigenvalue weighted by molar-refractivity contribution is 5.95. The largest absolute Gasteiger partial charge is 0.378 e. The van der Waals surface area contributed by atoms with Crippen LogP contribution in [0.4, 0.5) is 10.1 Å². The number of hydrogen-bond acceptors (Lipinski definition) is 4. The maximum absolute atomic E-state index is 14.3. The number of ether oxygens (including phenoxy) is 1. The Labute approximate surface area is 215 Å². The quantitative estimate of drug-likeness (QED) is 0.389. The van der Waals surface area contributed by atoms with Crippen molar-refractivity contribution in [2.45, 2.75) is 20.1 Å². The summed E-state index contributed by atoms with van der Waals surface area (Å²) in [6.45, 7) is 4.30. The average molecular weight is 500 g/mol. The average Bonchev–Trinajstić information content (AvgIpc) is 2.91. The van der Waals surface area contributed by atoms with Crippen LogP contribution in [0.5, 0.6) is 0 Å². The lowest BCUT2D eigenvalue weighted by Gasteiger charge is -2.36. The molecule has 3 aromatic carbocycles. The van der Waals surface area contributed by atoms with Gasteiger partial charge in [0.05, 0.1) is 18.0 Å². The van der Waals surface area contributed by atoms with Crippen LogP contribution in [0.3, 0.4) is 0 Å². The Hall–Kier alpha value is -3.97. The van der Waals surface area contributed by atoms with Crippen molar-refractivity contribution in [2.75, 3.05) is 38.2 Å². The molecule has 1 aromatic heterocycles. The number of amides is 1. The summed E-state index contributed by atoms with van der Waals surface area (Å²) in [5, 5.41) is 2.26. The molecule has 1 amide bonds. The molecule has 1 saturated heterocycles. The first-order chi connectivity index (χ1) is 18.0. The molecule has 2 heterocycles. The maximum Gasteiger partial charge on any atom is 0.259 e. The molecule has 0 atom stereocenters. The van der Waals surface area contributed by atoms with Gasteiger partial charge in [-0.05, 0) is 35.4 Å². The number of pyridine rings is 1. The van der Waals surface area contributed by atoms with Crippen LogP contribution in [0, 0.1) is 12.7 Å². The van der Waals surface area contributed by atoms with Crippen LogP contribution in [0.15, 0.2) is 77.6 Å². The van der Waals surface area contributed by atoms with E-state index in [1.807, 2.05) is 34.6 Å². The number of piperazine rings is 1. The predicted octanol–water partition coefficient (Wildman–Crippen LogP) is 4.61. The van der Waals surface area contributed by atoms with Crippen LogP contribution >= 0.6 is 0 Å². The molecule has 0 radical (unpaired) electrons. The second-order valence-corrected chi connectivity index (χ2v) is 9.36. The van der Waals surface area contributed by atoms with Crippen molar-refractivity contribution in [3.63, 3.8) is 0 Å². The Bertz CT molecular complexity index is 1500. The van der Waals surface area contributed by atoms with E-state index in [9.17, 15) is 14.0 Å². The van der Waals surface area contributed by atoms with E-state index in [4.69, 9.17) is 4.74 Å². The minimum atomic E-state index is -0.308. The van der Waals surface area contributed by atoms with Gasteiger partial charge >= 0.3 is 0 Å². The number of rotatable bonds is 6. The third kappa shape index (κ3) is 4.87. The second kappa shape index (κ2) is 10.6. The summed E-state index contributed by atoms with van der Waals surface area (Å²) in [6.07, 6.45) is 0. The standard InChI is InChI=1S/C30H30FN3O3/c1-21-18-28(35)29(30(36)33-16-14-32(15-17-33)26-13-6-5-12-25(26)31)27(20-37-2)34(21)19-23-10-7-9-22-8-3-4-11-24(22)23/h3-13,18H,14-17,19-20H2,1-2H3. The summed E-state index contributed by atoms with van der Waals surface area (Å²) < 4.78 is 21.8. The number of aromatic nitrogens is 1. The van der Waals surface area contributed by atoms with Crippen LogP contribution < -0.4 is 10.3 Å². The lowest BCUT2D eigenvalue weighted by atomic mass is 10.0. The predicted molar refractivity (Wildman–Crippen MR) is 144 cm³/mol. The van der Waals surface area contributed by atoms with Crippen LogP contribution in [0.25, 0.3) is 10.8 Å². The third-order valence-electron chi connectivity index (χ3n) is 7.09. The van der Waals surface area contributed by atoms with Crippen molar-refractivity contribution in [3.05, 3.63) is 111 Å². The zero-order valence-electron chi connectivity index (χ0n) is 21.1. The van der Waals surface area contributed by atoms with Crippen molar-refractivity contribution in [3.8, 4) is 0 Å². The van der Waals surface area contributed by atoms with Crippen LogP contribution in [-0.2, 0) is 17.9 Å². The summed E-state index contributed by atoms with van der Waals surface area (Å²) in [4.78, 5) is 30.5. The molecule has 0 unspecified atom stereocenters. The van der Waals surface area contributed by atoms with Crippen LogP contribution in [-0.4, -0.2) is 48.7 Å². The zero-order chi connectivity index (χ0) is 25.9. The summed E-state index contributed by atoms with van der Waals surface area (Å²) in [7, 11) is 1.57. The minimum Gasteiger partial charge on any atom is -0.378 e. The van der Waals surface area contributed by atoms with E-state index < -0.39 is 0 Å². The number of fused-ring (bicyclic) bond motifs is 1. The van der Waals surface area contributed by atoms with Gasteiger partial charge in [-0.15, -0.1) is 0 Å². The fourth-order valence-electron chi connectivity index (χ4n) is 5.18. The van der Waals surface area contributed by atoms with E-state index in [0.717, 1.165) is 22.0 Å². The topological polar surface area (TPSA) is 54.8 Å². The SMILES string of the molecule is COCc1c(C(=O)N2CCN(c3ccccc3F)CC2)c(=O)cc(C)n1Cc1cccc2ccccc12. The summed E-state index contributed by atoms with van der Waals surface area (Å²) in [5.41, 5.74) is 2.81. The molecule has 0 aliphatic carbocycles. The highest BCUT2D eigenvalue weighted by Gasteiger charge is 2.28. The van der Waals surface area contributed by atoms with Gasteiger partial charge < -0.3 is 19.1 Å². The molecular weight excluding hydrogens is 469 g/mol. The van der Waals surface area contributed by atoms with Gasteiger partial charge in [0.2, 0.25) is 0 Å². The van der Waals surface area contributed by atoms with Gasteiger partial charge in [-0.2, -0.15) is 0 Å². The minimum absolute atomic E-state index is 0.137. The van der Waals surface area contributed by atoms with Crippen molar-refractivity contribution < 1.29 is 13.9 Å². The van der Waals surface area contributed by atoms with Crippen molar-refractivity contribution in [1.82, 2.24) is 9.47 Å². The van der Waals surface area contributed by atoms with E-state index in [0.29, 0.717) is 44.1 Å². The van der Waals surface area contributed by atoms with Gasteiger partial charge in [0.15, 0.2) is 5.43 Å². The van der Waals surface area contributed by atoms with Gasteiger partial charge in [-0.25, -0.2) is 4.39 Å². The number of hydrogen-bond donors (Lipinski definition) is 0. The van der Waals surface area contributed by atoms with E-state index in [1.54, 1.807) is 30.2 Å². The van der Waals surface area contributed by atoms with Gasteiger partial charge in [-0.1, -0.05) is 54.6 Å².